The fraction of sp³-hybridized carbons (Fsp3) is 0.417. The van der Waals surface area contributed by atoms with Crippen molar-refractivity contribution in [1.82, 2.24) is 4.90 Å². The maximum absolute atomic E-state index is 11.8. The van der Waals surface area contributed by atoms with E-state index < -0.39 is 12.2 Å². The molecule has 1 heterocycles. The first-order chi connectivity index (χ1) is 8.58. The third-order valence-electron chi connectivity index (χ3n) is 2.88. The van der Waals surface area contributed by atoms with Gasteiger partial charge in [-0.15, -0.1) is 0 Å². The van der Waals surface area contributed by atoms with E-state index in [1.165, 1.54) is 4.90 Å². The highest BCUT2D eigenvalue weighted by Crippen LogP contribution is 2.20. The second kappa shape index (κ2) is 5.24. The molecule has 0 aromatic heterocycles. The summed E-state index contributed by atoms with van der Waals surface area (Å²) >= 11 is 0. The van der Waals surface area contributed by atoms with Gasteiger partial charge in [0.05, 0.1) is 17.9 Å². The topological polar surface area (TPSA) is 96.0 Å². The first-order valence-electron chi connectivity index (χ1n) is 5.69. The molecule has 2 atom stereocenters. The average Bonchev–Trinajstić information content (AvgIpc) is 2.68. The van der Waals surface area contributed by atoms with Gasteiger partial charge in [-0.3, -0.25) is 4.79 Å². The van der Waals surface area contributed by atoms with E-state index in [2.05, 4.69) is 0 Å². The number of para-hydroxylation sites is 2. The molecular formula is C12H16N2O4. The zero-order valence-electron chi connectivity index (χ0n) is 9.82. The maximum atomic E-state index is 11.8. The lowest BCUT2D eigenvalue weighted by Gasteiger charge is -2.16. The molecule has 1 aromatic rings. The molecule has 6 heteroatoms. The summed E-state index contributed by atoms with van der Waals surface area (Å²) in [7, 11) is 0. The molecule has 0 bridgehead atoms. The minimum absolute atomic E-state index is 0.133. The predicted octanol–water partition coefficient (Wildman–Crippen LogP) is -0.788. The van der Waals surface area contributed by atoms with Crippen LogP contribution in [-0.4, -0.2) is 52.9 Å². The number of hydrogen-bond acceptors (Lipinski definition) is 5. The zero-order chi connectivity index (χ0) is 13.1. The molecule has 0 spiro atoms. The second-order valence-electron chi connectivity index (χ2n) is 4.26. The van der Waals surface area contributed by atoms with E-state index >= 15 is 0 Å². The molecule has 6 nitrogen and oxygen atoms in total. The Bertz CT molecular complexity index is 428. The van der Waals surface area contributed by atoms with E-state index in [-0.39, 0.29) is 25.6 Å². The molecule has 1 saturated heterocycles. The van der Waals surface area contributed by atoms with Gasteiger partial charge in [0.15, 0.2) is 6.61 Å². The van der Waals surface area contributed by atoms with Gasteiger partial charge < -0.3 is 25.6 Å². The summed E-state index contributed by atoms with van der Waals surface area (Å²) in [6, 6.07) is 6.90. The van der Waals surface area contributed by atoms with Crippen molar-refractivity contribution in [2.45, 2.75) is 12.2 Å². The minimum atomic E-state index is -0.879. The highest BCUT2D eigenvalue weighted by atomic mass is 16.5. The van der Waals surface area contributed by atoms with Gasteiger partial charge in [0, 0.05) is 13.1 Å². The Hall–Kier alpha value is -1.79. The maximum Gasteiger partial charge on any atom is 0.260 e. The van der Waals surface area contributed by atoms with E-state index in [9.17, 15) is 15.0 Å². The number of rotatable bonds is 3. The fourth-order valence-electron chi connectivity index (χ4n) is 1.82. The van der Waals surface area contributed by atoms with E-state index in [0.717, 1.165) is 0 Å². The molecule has 1 aliphatic heterocycles. The normalized spacial score (nSPS) is 23.1. The summed E-state index contributed by atoms with van der Waals surface area (Å²) in [5, 5.41) is 18.7. The van der Waals surface area contributed by atoms with Crippen molar-refractivity contribution in [1.29, 1.82) is 0 Å². The smallest absolute Gasteiger partial charge is 0.260 e. The number of aliphatic hydroxyl groups excluding tert-OH is 2. The molecule has 2 unspecified atom stereocenters. The lowest BCUT2D eigenvalue weighted by atomic mass is 10.3. The Morgan fingerprint density at radius 2 is 1.94 bits per heavy atom. The molecular weight excluding hydrogens is 236 g/mol. The number of hydrogen-bond donors (Lipinski definition) is 3. The molecule has 98 valence electrons. The van der Waals surface area contributed by atoms with Crippen molar-refractivity contribution in [2.24, 2.45) is 0 Å². The standard InChI is InChI=1S/C12H16N2O4/c13-8-3-1-2-4-11(8)18-7-12(17)14-5-9(15)10(16)6-14/h1-4,9-10,15-16H,5-7,13H2. The zero-order valence-corrected chi connectivity index (χ0v) is 9.82. The van der Waals surface area contributed by atoms with Crippen molar-refractivity contribution in [3.05, 3.63) is 24.3 Å². The van der Waals surface area contributed by atoms with Crippen molar-refractivity contribution in [3.8, 4) is 5.75 Å². The van der Waals surface area contributed by atoms with Crippen LogP contribution in [0.25, 0.3) is 0 Å². The van der Waals surface area contributed by atoms with Crippen LogP contribution in [-0.2, 0) is 4.79 Å². The van der Waals surface area contributed by atoms with Gasteiger partial charge in [-0.05, 0) is 12.1 Å². The summed E-state index contributed by atoms with van der Waals surface area (Å²) in [6.45, 7) is 0.106. The number of nitrogens with two attached hydrogens (primary N) is 1. The van der Waals surface area contributed by atoms with Crippen LogP contribution in [0.5, 0.6) is 5.75 Å². The number of anilines is 1. The van der Waals surface area contributed by atoms with Gasteiger partial charge in [0.25, 0.3) is 5.91 Å². The molecule has 0 radical (unpaired) electrons. The van der Waals surface area contributed by atoms with Crippen molar-refractivity contribution in [3.63, 3.8) is 0 Å². The lowest BCUT2D eigenvalue weighted by Crippen LogP contribution is -2.34. The summed E-state index contributed by atoms with van der Waals surface area (Å²) in [4.78, 5) is 13.1. The minimum Gasteiger partial charge on any atom is -0.482 e. The number of β-amino-alcohol motifs (C(OH)–C–C–N with tert-alkyl or cyclic N) is 2. The molecule has 1 aromatic carbocycles. The Morgan fingerprint density at radius 3 is 2.56 bits per heavy atom. The first kappa shape index (κ1) is 12.7. The van der Waals surface area contributed by atoms with Crippen LogP contribution in [0.4, 0.5) is 5.69 Å². The second-order valence-corrected chi connectivity index (χ2v) is 4.26. The molecule has 1 amide bonds. The van der Waals surface area contributed by atoms with Gasteiger partial charge in [0.1, 0.15) is 5.75 Å². The molecule has 4 N–H and O–H groups in total. The van der Waals surface area contributed by atoms with E-state index in [4.69, 9.17) is 10.5 Å². The highest BCUT2D eigenvalue weighted by Gasteiger charge is 2.32. The molecule has 1 aliphatic rings. The molecule has 1 fully saturated rings. The van der Waals surface area contributed by atoms with E-state index in [1.54, 1.807) is 24.3 Å². The quantitative estimate of drug-likeness (QED) is 0.613. The number of carbonyl (C=O) groups is 1. The third kappa shape index (κ3) is 2.72. The van der Waals surface area contributed by atoms with Gasteiger partial charge in [0.2, 0.25) is 0 Å². The molecule has 18 heavy (non-hydrogen) atoms. The van der Waals surface area contributed by atoms with Gasteiger partial charge in [-0.1, -0.05) is 12.1 Å². The van der Waals surface area contributed by atoms with Crippen LogP contribution in [0.15, 0.2) is 24.3 Å². The Kier molecular flexibility index (Phi) is 3.69. The number of ether oxygens (including phenoxy) is 1. The average molecular weight is 252 g/mol. The monoisotopic (exact) mass is 252 g/mol. The van der Waals surface area contributed by atoms with Crippen LogP contribution in [0.3, 0.4) is 0 Å². The van der Waals surface area contributed by atoms with Gasteiger partial charge in [-0.25, -0.2) is 0 Å². The number of amides is 1. The Balaban J connectivity index is 1.88. The SMILES string of the molecule is Nc1ccccc1OCC(=O)N1CC(O)C(O)C1. The first-order valence-corrected chi connectivity index (χ1v) is 5.69. The molecule has 2 rings (SSSR count). The highest BCUT2D eigenvalue weighted by molar-refractivity contribution is 5.78. The molecule has 0 aliphatic carbocycles. The largest absolute Gasteiger partial charge is 0.482 e. The van der Waals surface area contributed by atoms with E-state index in [0.29, 0.717) is 11.4 Å². The Labute approximate surface area is 105 Å². The van der Waals surface area contributed by atoms with Crippen LogP contribution in [0.1, 0.15) is 0 Å². The van der Waals surface area contributed by atoms with Crippen LogP contribution in [0, 0.1) is 0 Å². The number of benzene rings is 1. The summed E-state index contributed by atoms with van der Waals surface area (Å²) < 4.78 is 5.30. The van der Waals surface area contributed by atoms with Crippen molar-refractivity contribution >= 4 is 11.6 Å². The lowest BCUT2D eigenvalue weighted by molar-refractivity contribution is -0.132. The number of nitrogens with zero attached hydrogens (tertiary/aromatic N) is 1. The summed E-state index contributed by atoms with van der Waals surface area (Å²) in [5.41, 5.74) is 6.14. The molecule has 0 saturated carbocycles. The van der Waals surface area contributed by atoms with Gasteiger partial charge >= 0.3 is 0 Å². The number of nitrogen functional groups attached to an aromatic ring is 1. The number of carbonyl (C=O) groups excluding carboxylic acids is 1. The Morgan fingerprint density at radius 1 is 1.33 bits per heavy atom. The van der Waals surface area contributed by atoms with Crippen LogP contribution in [0.2, 0.25) is 0 Å². The van der Waals surface area contributed by atoms with Crippen LogP contribution < -0.4 is 10.5 Å². The van der Waals surface area contributed by atoms with E-state index in [1.807, 2.05) is 0 Å². The summed E-state index contributed by atoms with van der Waals surface area (Å²) in [5.74, 6) is 0.167. The van der Waals surface area contributed by atoms with Crippen LogP contribution >= 0.6 is 0 Å². The van der Waals surface area contributed by atoms with Crippen molar-refractivity contribution in [2.75, 3.05) is 25.4 Å². The summed E-state index contributed by atoms with van der Waals surface area (Å²) in [6.07, 6.45) is -1.76. The third-order valence-corrected chi connectivity index (χ3v) is 2.88. The fourth-order valence-corrected chi connectivity index (χ4v) is 1.82. The number of likely N-dealkylation sites (tertiary alicyclic amines) is 1. The van der Waals surface area contributed by atoms with Gasteiger partial charge in [-0.2, -0.15) is 0 Å². The predicted molar refractivity (Wildman–Crippen MR) is 64.9 cm³/mol. The number of aliphatic hydroxyl groups is 2. The van der Waals surface area contributed by atoms with Crippen molar-refractivity contribution < 1.29 is 19.7 Å².